The molecule has 0 aromatic heterocycles. The Balaban J connectivity index is 1.79. The molecule has 5 heteroatoms. The first kappa shape index (κ1) is 15.5. The van der Waals surface area contributed by atoms with Crippen molar-refractivity contribution in [2.75, 3.05) is 18.1 Å². The molecule has 0 radical (unpaired) electrons. The number of ether oxygens (including phenoxy) is 1. The maximum atomic E-state index is 14.2. The number of carbonyl (C=O) groups is 1. The number of nitrogens with zero attached hydrogens (tertiary/aromatic N) is 1. The first-order valence-corrected chi connectivity index (χ1v) is 7.55. The Labute approximate surface area is 134 Å². The summed E-state index contributed by atoms with van der Waals surface area (Å²) in [4.78, 5) is 13.7. The van der Waals surface area contributed by atoms with Gasteiger partial charge in [0.25, 0.3) is 0 Å². The first-order valence-electron chi connectivity index (χ1n) is 7.55. The average Bonchev–Trinajstić information content (AvgIpc) is 2.59. The van der Waals surface area contributed by atoms with Gasteiger partial charge in [-0.2, -0.15) is 0 Å². The summed E-state index contributed by atoms with van der Waals surface area (Å²) in [7, 11) is 0. The number of aliphatic hydroxyl groups excluding tert-OH is 1. The number of hydrogen-bond donors (Lipinski definition) is 1. The molecule has 0 saturated carbocycles. The average molecular weight is 315 g/mol. The van der Waals surface area contributed by atoms with E-state index in [9.17, 15) is 14.3 Å². The lowest BCUT2D eigenvalue weighted by molar-refractivity contribution is 0.142. The number of amides is 1. The minimum Gasteiger partial charge on any atom is -0.444 e. The monoisotopic (exact) mass is 315 g/mol. The van der Waals surface area contributed by atoms with Crippen molar-refractivity contribution in [2.24, 2.45) is 5.92 Å². The number of benzene rings is 2. The largest absolute Gasteiger partial charge is 0.444 e. The summed E-state index contributed by atoms with van der Waals surface area (Å²) in [6.07, 6.45) is -0.0511. The van der Waals surface area contributed by atoms with E-state index in [2.05, 4.69) is 0 Å². The SMILES string of the molecule is O=C(OCc1ccccc1)N1CC(CO)Cc2cccc(F)c21. The van der Waals surface area contributed by atoms with Gasteiger partial charge in [-0.15, -0.1) is 0 Å². The highest BCUT2D eigenvalue weighted by molar-refractivity contribution is 5.89. The fourth-order valence-corrected chi connectivity index (χ4v) is 2.84. The molecule has 1 atom stereocenters. The number of para-hydroxylation sites is 1. The quantitative estimate of drug-likeness (QED) is 0.946. The van der Waals surface area contributed by atoms with E-state index in [0.29, 0.717) is 12.0 Å². The molecule has 2 aromatic rings. The topological polar surface area (TPSA) is 49.8 Å². The van der Waals surface area contributed by atoms with Gasteiger partial charge in [-0.05, 0) is 23.6 Å². The molecule has 1 N–H and O–H groups in total. The number of carbonyl (C=O) groups excluding carboxylic acids is 1. The van der Waals surface area contributed by atoms with E-state index in [1.165, 1.54) is 11.0 Å². The zero-order valence-electron chi connectivity index (χ0n) is 12.6. The van der Waals surface area contributed by atoms with Crippen molar-refractivity contribution in [2.45, 2.75) is 13.0 Å². The lowest BCUT2D eigenvalue weighted by Gasteiger charge is -2.33. The summed E-state index contributed by atoms with van der Waals surface area (Å²) >= 11 is 0. The molecular weight excluding hydrogens is 297 g/mol. The van der Waals surface area contributed by atoms with E-state index < -0.39 is 11.9 Å². The third-order valence-corrected chi connectivity index (χ3v) is 3.97. The smallest absolute Gasteiger partial charge is 0.414 e. The molecule has 0 aliphatic carbocycles. The molecule has 0 bridgehead atoms. The molecule has 4 nitrogen and oxygen atoms in total. The Morgan fingerprint density at radius 3 is 2.74 bits per heavy atom. The van der Waals surface area contributed by atoms with Crippen molar-refractivity contribution < 1.29 is 19.0 Å². The molecule has 2 aromatic carbocycles. The van der Waals surface area contributed by atoms with Crippen LogP contribution in [0.1, 0.15) is 11.1 Å². The highest BCUT2D eigenvalue weighted by Gasteiger charge is 2.31. The Morgan fingerprint density at radius 1 is 1.22 bits per heavy atom. The molecule has 0 saturated heterocycles. The van der Waals surface area contributed by atoms with Crippen LogP contribution in [0.3, 0.4) is 0 Å². The molecule has 1 aliphatic rings. The van der Waals surface area contributed by atoms with Crippen LogP contribution in [0, 0.1) is 11.7 Å². The standard InChI is InChI=1S/C18H18FNO3/c19-16-8-4-7-15-9-14(11-21)10-20(17(15)16)18(22)23-12-13-5-2-1-3-6-13/h1-8,14,21H,9-12H2. The van der Waals surface area contributed by atoms with E-state index in [-0.39, 0.29) is 31.4 Å². The van der Waals surface area contributed by atoms with Gasteiger partial charge in [-0.3, -0.25) is 4.90 Å². The van der Waals surface area contributed by atoms with Gasteiger partial charge in [-0.1, -0.05) is 42.5 Å². The second-order valence-corrected chi connectivity index (χ2v) is 5.65. The van der Waals surface area contributed by atoms with Gasteiger partial charge in [0, 0.05) is 19.1 Å². The maximum absolute atomic E-state index is 14.2. The number of aliphatic hydroxyl groups is 1. The van der Waals surface area contributed by atoms with E-state index in [1.807, 2.05) is 30.3 Å². The van der Waals surface area contributed by atoms with Crippen LogP contribution < -0.4 is 4.90 Å². The van der Waals surface area contributed by atoms with Crippen LogP contribution in [0.25, 0.3) is 0 Å². The van der Waals surface area contributed by atoms with Crippen molar-refractivity contribution in [1.82, 2.24) is 0 Å². The third kappa shape index (κ3) is 3.35. The van der Waals surface area contributed by atoms with Crippen LogP contribution in [-0.4, -0.2) is 24.4 Å². The van der Waals surface area contributed by atoms with Gasteiger partial charge in [0.15, 0.2) is 0 Å². The van der Waals surface area contributed by atoms with E-state index >= 15 is 0 Å². The van der Waals surface area contributed by atoms with Crippen LogP contribution in [0.15, 0.2) is 48.5 Å². The fraction of sp³-hybridized carbons (Fsp3) is 0.278. The van der Waals surface area contributed by atoms with Crippen molar-refractivity contribution in [3.8, 4) is 0 Å². The number of fused-ring (bicyclic) bond motifs is 1. The van der Waals surface area contributed by atoms with E-state index in [1.54, 1.807) is 12.1 Å². The van der Waals surface area contributed by atoms with Gasteiger partial charge in [0.2, 0.25) is 0 Å². The molecule has 3 rings (SSSR count). The number of halogens is 1. The normalized spacial score (nSPS) is 16.8. The Bertz CT molecular complexity index is 690. The molecule has 1 aliphatic heterocycles. The van der Waals surface area contributed by atoms with Gasteiger partial charge in [-0.25, -0.2) is 9.18 Å². The van der Waals surface area contributed by atoms with Gasteiger partial charge in [0.1, 0.15) is 12.4 Å². The van der Waals surface area contributed by atoms with Crippen molar-refractivity contribution in [1.29, 1.82) is 0 Å². The number of anilines is 1. The molecule has 1 unspecified atom stereocenters. The summed E-state index contributed by atoms with van der Waals surface area (Å²) in [5.74, 6) is -0.566. The molecular formula is C18H18FNO3. The van der Waals surface area contributed by atoms with Crippen molar-refractivity contribution in [3.05, 3.63) is 65.5 Å². The highest BCUT2D eigenvalue weighted by atomic mass is 19.1. The van der Waals surface area contributed by atoms with Crippen LogP contribution in [-0.2, 0) is 17.8 Å². The van der Waals surface area contributed by atoms with Crippen LogP contribution >= 0.6 is 0 Å². The minimum absolute atomic E-state index is 0.0571. The third-order valence-electron chi connectivity index (χ3n) is 3.97. The summed E-state index contributed by atoms with van der Waals surface area (Å²) in [6, 6.07) is 14.0. The molecule has 0 fully saturated rings. The Morgan fingerprint density at radius 2 is 2.00 bits per heavy atom. The summed E-state index contributed by atoms with van der Waals surface area (Å²) in [5, 5.41) is 9.42. The second kappa shape index (κ2) is 6.79. The maximum Gasteiger partial charge on any atom is 0.414 e. The van der Waals surface area contributed by atoms with Gasteiger partial charge >= 0.3 is 6.09 Å². The highest BCUT2D eigenvalue weighted by Crippen LogP contribution is 2.32. The van der Waals surface area contributed by atoms with Gasteiger partial charge < -0.3 is 9.84 Å². The molecule has 1 amide bonds. The van der Waals surface area contributed by atoms with Crippen LogP contribution in [0.5, 0.6) is 0 Å². The molecule has 120 valence electrons. The van der Waals surface area contributed by atoms with E-state index in [0.717, 1.165) is 5.56 Å². The number of hydrogen-bond acceptors (Lipinski definition) is 3. The lowest BCUT2D eigenvalue weighted by Crippen LogP contribution is -2.42. The predicted octanol–water partition coefficient (Wildman–Crippen LogP) is 3.13. The molecule has 1 heterocycles. The first-order chi connectivity index (χ1) is 11.2. The fourth-order valence-electron chi connectivity index (χ4n) is 2.84. The lowest BCUT2D eigenvalue weighted by atomic mass is 9.93. The number of rotatable bonds is 3. The van der Waals surface area contributed by atoms with E-state index in [4.69, 9.17) is 4.74 Å². The Kier molecular flexibility index (Phi) is 4.57. The minimum atomic E-state index is -0.599. The van der Waals surface area contributed by atoms with Gasteiger partial charge in [0.05, 0.1) is 5.69 Å². The second-order valence-electron chi connectivity index (χ2n) is 5.65. The van der Waals surface area contributed by atoms with Crippen molar-refractivity contribution >= 4 is 11.8 Å². The Hall–Kier alpha value is -2.40. The molecule has 0 spiro atoms. The van der Waals surface area contributed by atoms with Crippen molar-refractivity contribution in [3.63, 3.8) is 0 Å². The predicted molar refractivity (Wildman–Crippen MR) is 84.7 cm³/mol. The summed E-state index contributed by atoms with van der Waals surface area (Å²) in [6.45, 7) is 0.320. The molecule has 23 heavy (non-hydrogen) atoms. The van der Waals surface area contributed by atoms with Crippen LogP contribution in [0.2, 0.25) is 0 Å². The van der Waals surface area contributed by atoms with Crippen LogP contribution in [0.4, 0.5) is 14.9 Å². The summed E-state index contributed by atoms with van der Waals surface area (Å²) in [5.41, 5.74) is 1.84. The zero-order chi connectivity index (χ0) is 16.2. The summed E-state index contributed by atoms with van der Waals surface area (Å²) < 4.78 is 19.5. The zero-order valence-corrected chi connectivity index (χ0v) is 12.6.